The van der Waals surface area contributed by atoms with Crippen molar-refractivity contribution in [3.8, 4) is 0 Å². The molecule has 0 aliphatic carbocycles. The van der Waals surface area contributed by atoms with Crippen LogP contribution < -0.4 is 0 Å². The largest absolute Gasteiger partial charge is 0.444 e. The number of halogens is 1. The topological polar surface area (TPSA) is 87.0 Å². The van der Waals surface area contributed by atoms with Crippen LogP contribution in [0, 0.1) is 0 Å². The standard InChI is InChI=1S/C19H21BrN4O4/c1-22(19(27)15-3-4-16(20)28-15)13-17(25)23-9-2-10-24(12-11-23)18(26)14-5-7-21-8-6-14/h3-8H,2,9-13H2,1H3. The van der Waals surface area contributed by atoms with Crippen LogP contribution in [0.25, 0.3) is 0 Å². The van der Waals surface area contributed by atoms with E-state index in [-0.39, 0.29) is 30.0 Å². The molecule has 1 aliphatic heterocycles. The van der Waals surface area contributed by atoms with Crippen LogP contribution in [0.3, 0.4) is 0 Å². The second-order valence-corrected chi connectivity index (χ2v) is 7.31. The van der Waals surface area contributed by atoms with Gasteiger partial charge in [-0.3, -0.25) is 19.4 Å². The number of hydrogen-bond donors (Lipinski definition) is 0. The molecule has 0 unspecified atom stereocenters. The van der Waals surface area contributed by atoms with E-state index < -0.39 is 0 Å². The van der Waals surface area contributed by atoms with Gasteiger partial charge < -0.3 is 19.1 Å². The summed E-state index contributed by atoms with van der Waals surface area (Å²) in [6.07, 6.45) is 3.86. The lowest BCUT2D eigenvalue weighted by Gasteiger charge is -2.24. The summed E-state index contributed by atoms with van der Waals surface area (Å²) in [6.45, 7) is 1.97. The molecular formula is C19H21BrN4O4. The molecule has 3 heterocycles. The molecule has 2 aromatic rings. The van der Waals surface area contributed by atoms with Crippen molar-refractivity contribution in [3.05, 3.63) is 52.7 Å². The van der Waals surface area contributed by atoms with Gasteiger partial charge in [-0.15, -0.1) is 0 Å². The van der Waals surface area contributed by atoms with Gasteiger partial charge in [0.2, 0.25) is 5.91 Å². The summed E-state index contributed by atoms with van der Waals surface area (Å²) in [5.41, 5.74) is 0.588. The first kappa shape index (κ1) is 20.1. The Morgan fingerprint density at radius 2 is 1.75 bits per heavy atom. The van der Waals surface area contributed by atoms with Gasteiger partial charge in [0.15, 0.2) is 10.4 Å². The van der Waals surface area contributed by atoms with E-state index >= 15 is 0 Å². The molecule has 0 spiro atoms. The van der Waals surface area contributed by atoms with Gasteiger partial charge >= 0.3 is 0 Å². The number of pyridine rings is 1. The lowest BCUT2D eigenvalue weighted by atomic mass is 10.2. The quantitative estimate of drug-likeness (QED) is 0.712. The predicted molar refractivity (Wildman–Crippen MR) is 105 cm³/mol. The van der Waals surface area contributed by atoms with E-state index in [1.807, 2.05) is 0 Å². The summed E-state index contributed by atoms with van der Waals surface area (Å²) in [6, 6.07) is 6.56. The Morgan fingerprint density at radius 1 is 1.07 bits per heavy atom. The van der Waals surface area contributed by atoms with Crippen LogP contribution in [0.1, 0.15) is 27.3 Å². The van der Waals surface area contributed by atoms with Crippen LogP contribution in [0.2, 0.25) is 0 Å². The highest BCUT2D eigenvalue weighted by molar-refractivity contribution is 9.10. The van der Waals surface area contributed by atoms with E-state index in [2.05, 4.69) is 20.9 Å². The monoisotopic (exact) mass is 448 g/mol. The number of amides is 3. The SMILES string of the molecule is CN(CC(=O)N1CCCN(C(=O)c2ccncc2)CC1)C(=O)c1ccc(Br)o1. The Morgan fingerprint density at radius 3 is 2.43 bits per heavy atom. The van der Waals surface area contributed by atoms with Crippen LogP contribution in [0.4, 0.5) is 0 Å². The van der Waals surface area contributed by atoms with E-state index in [0.717, 1.165) is 0 Å². The van der Waals surface area contributed by atoms with Crippen molar-refractivity contribution in [2.45, 2.75) is 6.42 Å². The van der Waals surface area contributed by atoms with Crippen LogP contribution in [0.5, 0.6) is 0 Å². The number of carbonyl (C=O) groups is 3. The molecule has 1 saturated heterocycles. The third kappa shape index (κ3) is 4.78. The fourth-order valence-electron chi connectivity index (χ4n) is 3.04. The lowest BCUT2D eigenvalue weighted by Crippen LogP contribution is -2.43. The molecule has 0 radical (unpaired) electrons. The van der Waals surface area contributed by atoms with Crippen LogP contribution >= 0.6 is 15.9 Å². The molecule has 1 fully saturated rings. The van der Waals surface area contributed by atoms with Crippen LogP contribution in [0.15, 0.2) is 45.7 Å². The molecule has 0 aromatic carbocycles. The van der Waals surface area contributed by atoms with Crippen molar-refractivity contribution in [2.24, 2.45) is 0 Å². The van der Waals surface area contributed by atoms with E-state index in [1.165, 1.54) is 4.90 Å². The van der Waals surface area contributed by atoms with Gasteiger partial charge in [0, 0.05) is 51.2 Å². The first-order valence-electron chi connectivity index (χ1n) is 8.93. The Balaban J connectivity index is 1.55. The third-order valence-electron chi connectivity index (χ3n) is 4.57. The Hall–Kier alpha value is -2.68. The molecule has 0 atom stereocenters. The lowest BCUT2D eigenvalue weighted by molar-refractivity contribution is -0.131. The number of nitrogens with zero attached hydrogens (tertiary/aromatic N) is 4. The van der Waals surface area contributed by atoms with Crippen molar-refractivity contribution in [1.29, 1.82) is 0 Å². The van der Waals surface area contributed by atoms with Gasteiger partial charge in [0.1, 0.15) is 0 Å². The summed E-state index contributed by atoms with van der Waals surface area (Å²) in [4.78, 5) is 46.2. The molecule has 0 saturated carbocycles. The van der Waals surface area contributed by atoms with Gasteiger partial charge in [0.05, 0.1) is 6.54 Å². The smallest absolute Gasteiger partial charge is 0.289 e. The van der Waals surface area contributed by atoms with Crippen molar-refractivity contribution < 1.29 is 18.8 Å². The average Bonchev–Trinajstić information content (AvgIpc) is 2.99. The first-order chi connectivity index (χ1) is 13.5. The summed E-state index contributed by atoms with van der Waals surface area (Å²) in [5, 5.41) is 0. The molecule has 9 heteroatoms. The van der Waals surface area contributed by atoms with E-state index in [0.29, 0.717) is 42.8 Å². The van der Waals surface area contributed by atoms with Gasteiger partial charge in [-0.1, -0.05) is 0 Å². The average molecular weight is 449 g/mol. The van der Waals surface area contributed by atoms with E-state index in [1.54, 1.807) is 53.5 Å². The molecule has 3 rings (SSSR count). The second kappa shape index (κ2) is 9.01. The Bertz CT molecular complexity index is 855. The van der Waals surface area contributed by atoms with Gasteiger partial charge in [0.25, 0.3) is 11.8 Å². The maximum Gasteiger partial charge on any atom is 0.289 e. The highest BCUT2D eigenvalue weighted by Crippen LogP contribution is 2.15. The van der Waals surface area contributed by atoms with Gasteiger partial charge in [-0.25, -0.2) is 0 Å². The highest BCUT2D eigenvalue weighted by atomic mass is 79.9. The molecule has 1 aliphatic rings. The number of carbonyl (C=O) groups excluding carboxylic acids is 3. The summed E-state index contributed by atoms with van der Waals surface area (Å²) < 4.78 is 5.71. The summed E-state index contributed by atoms with van der Waals surface area (Å²) >= 11 is 3.16. The van der Waals surface area contributed by atoms with Crippen LogP contribution in [-0.2, 0) is 4.79 Å². The van der Waals surface area contributed by atoms with Crippen molar-refractivity contribution >= 4 is 33.7 Å². The summed E-state index contributed by atoms with van der Waals surface area (Å²) in [7, 11) is 1.56. The number of hydrogen-bond acceptors (Lipinski definition) is 5. The number of furan rings is 1. The zero-order valence-electron chi connectivity index (χ0n) is 15.5. The highest BCUT2D eigenvalue weighted by Gasteiger charge is 2.25. The molecule has 0 bridgehead atoms. The molecule has 0 N–H and O–H groups in total. The maximum absolute atomic E-state index is 12.6. The molecule has 28 heavy (non-hydrogen) atoms. The minimum Gasteiger partial charge on any atom is -0.444 e. The second-order valence-electron chi connectivity index (χ2n) is 6.53. The van der Waals surface area contributed by atoms with Crippen LogP contribution in [-0.4, -0.2) is 77.2 Å². The molecule has 2 aromatic heterocycles. The zero-order valence-corrected chi connectivity index (χ0v) is 17.1. The minimum atomic E-state index is -0.358. The van der Waals surface area contributed by atoms with Gasteiger partial charge in [-0.2, -0.15) is 0 Å². The third-order valence-corrected chi connectivity index (χ3v) is 4.99. The number of rotatable bonds is 4. The molecule has 148 valence electrons. The fourth-order valence-corrected chi connectivity index (χ4v) is 3.35. The zero-order chi connectivity index (χ0) is 20.1. The van der Waals surface area contributed by atoms with Crippen molar-refractivity contribution in [3.63, 3.8) is 0 Å². The molecule has 8 nitrogen and oxygen atoms in total. The normalized spacial score (nSPS) is 14.5. The van der Waals surface area contributed by atoms with E-state index in [4.69, 9.17) is 4.42 Å². The molecular weight excluding hydrogens is 428 g/mol. The Labute approximate surface area is 171 Å². The number of likely N-dealkylation sites (N-methyl/N-ethyl adjacent to an activating group) is 1. The summed E-state index contributed by atoms with van der Waals surface area (Å²) in [5.74, 6) is -0.400. The minimum absolute atomic E-state index is 0.0462. The van der Waals surface area contributed by atoms with Crippen molar-refractivity contribution in [2.75, 3.05) is 39.8 Å². The number of aromatic nitrogens is 1. The van der Waals surface area contributed by atoms with Gasteiger partial charge in [-0.05, 0) is 46.6 Å². The molecule has 3 amide bonds. The van der Waals surface area contributed by atoms with Crippen molar-refractivity contribution in [1.82, 2.24) is 19.7 Å². The van der Waals surface area contributed by atoms with E-state index in [9.17, 15) is 14.4 Å². The maximum atomic E-state index is 12.6. The first-order valence-corrected chi connectivity index (χ1v) is 9.73. The Kier molecular flexibility index (Phi) is 6.45. The predicted octanol–water partition coefficient (Wildman–Crippen LogP) is 1.88. The fraction of sp³-hybridized carbons (Fsp3) is 0.368.